The van der Waals surface area contributed by atoms with Crippen LogP contribution in [-0.2, 0) is 9.59 Å². The lowest BCUT2D eigenvalue weighted by Gasteiger charge is -2.38. The van der Waals surface area contributed by atoms with E-state index in [-0.39, 0.29) is 5.91 Å². The van der Waals surface area contributed by atoms with Gasteiger partial charge in [-0.1, -0.05) is 13.3 Å². The van der Waals surface area contributed by atoms with Crippen LogP contribution in [0.1, 0.15) is 32.6 Å². The van der Waals surface area contributed by atoms with Crippen LogP contribution in [0.4, 0.5) is 0 Å². The number of nitrogens with zero attached hydrogens (tertiary/aromatic N) is 1. The van der Waals surface area contributed by atoms with Crippen LogP contribution in [0.5, 0.6) is 0 Å². The molecule has 2 aliphatic carbocycles. The summed E-state index contributed by atoms with van der Waals surface area (Å²) in [6.45, 7) is 2.88. The highest BCUT2D eigenvalue weighted by atomic mass is 16.4. The number of amides is 1. The molecule has 1 amide bonds. The van der Waals surface area contributed by atoms with E-state index in [1.165, 1.54) is 0 Å². The van der Waals surface area contributed by atoms with Gasteiger partial charge in [0.2, 0.25) is 5.91 Å². The zero-order chi connectivity index (χ0) is 11.9. The summed E-state index contributed by atoms with van der Waals surface area (Å²) in [6, 6.07) is 0. The van der Waals surface area contributed by atoms with Crippen molar-refractivity contribution in [2.24, 2.45) is 17.3 Å². The Morgan fingerprint density at radius 1 is 1.44 bits per heavy atom. The third kappa shape index (κ3) is 1.70. The lowest BCUT2D eigenvalue weighted by atomic mass is 9.68. The summed E-state index contributed by atoms with van der Waals surface area (Å²) in [5.41, 5.74) is -1.09. The molecule has 0 heterocycles. The Morgan fingerprint density at radius 2 is 2.00 bits per heavy atom. The van der Waals surface area contributed by atoms with Crippen molar-refractivity contribution in [2.45, 2.75) is 32.6 Å². The van der Waals surface area contributed by atoms with Crippen LogP contribution in [-0.4, -0.2) is 35.5 Å². The molecule has 0 spiro atoms. The van der Waals surface area contributed by atoms with Crippen molar-refractivity contribution < 1.29 is 14.7 Å². The zero-order valence-electron chi connectivity index (χ0n) is 9.90. The number of carbonyl (C=O) groups is 2. The molecule has 2 atom stereocenters. The normalized spacial score (nSPS) is 30.4. The zero-order valence-corrected chi connectivity index (χ0v) is 9.90. The fourth-order valence-corrected chi connectivity index (χ4v) is 2.50. The minimum absolute atomic E-state index is 0.189. The van der Waals surface area contributed by atoms with Crippen molar-refractivity contribution in [2.75, 3.05) is 13.6 Å². The van der Waals surface area contributed by atoms with E-state index in [2.05, 4.69) is 6.92 Å². The highest BCUT2D eigenvalue weighted by Crippen LogP contribution is 2.44. The summed E-state index contributed by atoms with van der Waals surface area (Å²) >= 11 is 0. The average molecular weight is 225 g/mol. The number of carboxylic acids is 1. The van der Waals surface area contributed by atoms with Gasteiger partial charge in [0.15, 0.2) is 0 Å². The van der Waals surface area contributed by atoms with Crippen LogP contribution in [0.3, 0.4) is 0 Å². The quantitative estimate of drug-likeness (QED) is 0.735. The number of hydrogen-bond donors (Lipinski definition) is 1. The van der Waals surface area contributed by atoms with Crippen molar-refractivity contribution >= 4 is 11.9 Å². The monoisotopic (exact) mass is 225 g/mol. The molecule has 0 aromatic heterocycles. The van der Waals surface area contributed by atoms with Gasteiger partial charge >= 0.3 is 5.97 Å². The smallest absolute Gasteiger partial charge is 0.319 e. The Bertz CT molecular complexity index is 322. The molecule has 2 aliphatic rings. The van der Waals surface area contributed by atoms with Crippen LogP contribution >= 0.6 is 0 Å². The van der Waals surface area contributed by atoms with E-state index in [1.54, 1.807) is 11.9 Å². The van der Waals surface area contributed by atoms with Crippen LogP contribution in [0.15, 0.2) is 0 Å². The average Bonchev–Trinajstić information content (AvgIpc) is 2.78. The van der Waals surface area contributed by atoms with E-state index in [4.69, 9.17) is 5.11 Å². The number of carboxylic acid groups (broad SMARTS) is 1. The van der Waals surface area contributed by atoms with E-state index in [1.807, 2.05) is 0 Å². The lowest BCUT2D eigenvalue weighted by Crippen LogP contribution is -2.51. The van der Waals surface area contributed by atoms with Crippen molar-refractivity contribution in [1.29, 1.82) is 0 Å². The Morgan fingerprint density at radius 3 is 2.31 bits per heavy atom. The molecule has 2 unspecified atom stereocenters. The number of carbonyl (C=O) groups excluding carboxylic acids is 1. The first-order valence-electron chi connectivity index (χ1n) is 5.96. The highest BCUT2D eigenvalue weighted by molar-refractivity contribution is 6.02. The molecule has 4 nitrogen and oxygen atoms in total. The maximum absolute atomic E-state index is 12.1. The molecule has 0 aromatic rings. The summed E-state index contributed by atoms with van der Waals surface area (Å²) in [7, 11) is 1.73. The van der Waals surface area contributed by atoms with E-state index < -0.39 is 11.4 Å². The fraction of sp³-hybridized carbons (Fsp3) is 0.833. The van der Waals surface area contributed by atoms with Crippen molar-refractivity contribution in [3.63, 3.8) is 0 Å². The maximum Gasteiger partial charge on any atom is 0.319 e. The largest absolute Gasteiger partial charge is 0.480 e. The Hall–Kier alpha value is -1.06. The highest BCUT2D eigenvalue weighted by Gasteiger charge is 2.52. The second kappa shape index (κ2) is 3.75. The molecule has 0 aromatic carbocycles. The van der Waals surface area contributed by atoms with Crippen LogP contribution < -0.4 is 0 Å². The van der Waals surface area contributed by atoms with Gasteiger partial charge in [0.1, 0.15) is 5.41 Å². The van der Waals surface area contributed by atoms with Crippen LogP contribution in [0, 0.1) is 17.3 Å². The molecular weight excluding hydrogens is 206 g/mol. The fourth-order valence-electron chi connectivity index (χ4n) is 2.50. The number of hydrogen-bond acceptors (Lipinski definition) is 2. The van der Waals surface area contributed by atoms with Gasteiger partial charge in [-0.25, -0.2) is 0 Å². The predicted octanol–water partition coefficient (Wildman–Crippen LogP) is 1.36. The third-order valence-corrected chi connectivity index (χ3v) is 4.16. The summed E-state index contributed by atoms with van der Waals surface area (Å²) in [4.78, 5) is 24.9. The molecule has 1 N–H and O–H groups in total. The molecule has 0 radical (unpaired) electrons. The molecule has 4 heteroatoms. The van der Waals surface area contributed by atoms with Crippen LogP contribution in [0.25, 0.3) is 0 Å². The minimum Gasteiger partial charge on any atom is -0.480 e. The van der Waals surface area contributed by atoms with Crippen molar-refractivity contribution in [1.82, 2.24) is 4.90 Å². The summed E-state index contributed by atoms with van der Waals surface area (Å²) < 4.78 is 0. The van der Waals surface area contributed by atoms with Gasteiger partial charge in [0.05, 0.1) is 0 Å². The minimum atomic E-state index is -1.09. The van der Waals surface area contributed by atoms with Gasteiger partial charge in [-0.3, -0.25) is 9.59 Å². The van der Waals surface area contributed by atoms with Gasteiger partial charge in [-0.15, -0.1) is 0 Å². The summed E-state index contributed by atoms with van der Waals surface area (Å²) in [5, 5.41) is 9.16. The standard InChI is InChI=1S/C12H19NO3/c1-8-6-9(8)7-13(2)10(14)12(11(15)16)4-3-5-12/h8-9H,3-7H2,1-2H3,(H,15,16). The van der Waals surface area contributed by atoms with E-state index in [0.29, 0.717) is 24.7 Å². The van der Waals surface area contributed by atoms with Crippen LogP contribution in [0.2, 0.25) is 0 Å². The second-order valence-electron chi connectivity index (χ2n) is 5.40. The lowest BCUT2D eigenvalue weighted by molar-refractivity contribution is -0.166. The van der Waals surface area contributed by atoms with E-state index in [0.717, 1.165) is 19.4 Å². The molecule has 2 fully saturated rings. The number of rotatable bonds is 4. The molecule has 0 saturated heterocycles. The van der Waals surface area contributed by atoms with Gasteiger partial charge in [0, 0.05) is 13.6 Å². The topological polar surface area (TPSA) is 57.6 Å². The first-order valence-corrected chi connectivity index (χ1v) is 5.96. The molecule has 90 valence electrons. The first-order chi connectivity index (χ1) is 7.47. The third-order valence-electron chi connectivity index (χ3n) is 4.16. The Kier molecular flexibility index (Phi) is 2.68. The molecule has 0 aliphatic heterocycles. The second-order valence-corrected chi connectivity index (χ2v) is 5.40. The van der Waals surface area contributed by atoms with Gasteiger partial charge in [-0.2, -0.15) is 0 Å². The number of aliphatic carboxylic acids is 1. The van der Waals surface area contributed by atoms with E-state index in [9.17, 15) is 9.59 Å². The summed E-state index contributed by atoms with van der Waals surface area (Å²) in [5.74, 6) is 0.141. The van der Waals surface area contributed by atoms with Crippen molar-refractivity contribution in [3.05, 3.63) is 0 Å². The molecule has 2 rings (SSSR count). The Labute approximate surface area is 95.6 Å². The molecular formula is C12H19NO3. The maximum atomic E-state index is 12.1. The SMILES string of the molecule is CC1CC1CN(C)C(=O)C1(C(=O)O)CCC1. The van der Waals surface area contributed by atoms with Gasteiger partial charge in [-0.05, 0) is 31.1 Å². The van der Waals surface area contributed by atoms with Gasteiger partial charge in [0.25, 0.3) is 0 Å². The van der Waals surface area contributed by atoms with Crippen molar-refractivity contribution in [3.8, 4) is 0 Å². The Balaban J connectivity index is 1.97. The van der Waals surface area contributed by atoms with Gasteiger partial charge < -0.3 is 10.0 Å². The first kappa shape index (κ1) is 11.4. The summed E-state index contributed by atoms with van der Waals surface area (Å²) in [6.07, 6.45) is 3.03. The van der Waals surface area contributed by atoms with E-state index >= 15 is 0 Å². The predicted molar refractivity (Wildman–Crippen MR) is 58.8 cm³/mol. The molecule has 16 heavy (non-hydrogen) atoms. The molecule has 0 bridgehead atoms. The molecule has 2 saturated carbocycles.